The van der Waals surface area contributed by atoms with Crippen molar-refractivity contribution in [3.8, 4) is 0 Å². The zero-order chi connectivity index (χ0) is 13.0. The summed E-state index contributed by atoms with van der Waals surface area (Å²) in [6, 6.07) is 1.76. The number of pyridine rings is 1. The molecule has 0 saturated carbocycles. The van der Waals surface area contributed by atoms with Crippen LogP contribution in [0.4, 0.5) is 5.69 Å². The number of aromatic nitrogens is 1. The number of carbonyl (C=O) groups is 1. The van der Waals surface area contributed by atoms with Gasteiger partial charge < -0.3 is 16.0 Å². The predicted molar refractivity (Wildman–Crippen MR) is 71.3 cm³/mol. The standard InChI is InChI=1S/C13H20N4O/c1-10(9-17-6-2-3-7-17)16-13(18)11-8-15-5-4-12(11)14/h4-5,8,10H,2-3,6-7,9H2,1H3,(H2,14,15)(H,16,18). The fourth-order valence-corrected chi connectivity index (χ4v) is 2.29. The number of anilines is 1. The van der Waals surface area contributed by atoms with Crippen LogP contribution in [-0.2, 0) is 0 Å². The van der Waals surface area contributed by atoms with Crippen molar-refractivity contribution in [2.45, 2.75) is 25.8 Å². The number of nitrogen functional groups attached to an aromatic ring is 1. The van der Waals surface area contributed by atoms with E-state index in [4.69, 9.17) is 5.73 Å². The van der Waals surface area contributed by atoms with Crippen LogP contribution in [0.15, 0.2) is 18.5 Å². The van der Waals surface area contributed by atoms with Gasteiger partial charge in [0.15, 0.2) is 0 Å². The SMILES string of the molecule is CC(CN1CCCC1)NC(=O)c1cnccc1N. The van der Waals surface area contributed by atoms with Crippen molar-refractivity contribution in [2.75, 3.05) is 25.4 Å². The van der Waals surface area contributed by atoms with Crippen LogP contribution in [0, 0.1) is 0 Å². The average molecular weight is 248 g/mol. The van der Waals surface area contributed by atoms with E-state index in [2.05, 4.69) is 15.2 Å². The molecule has 1 saturated heterocycles. The highest BCUT2D eigenvalue weighted by molar-refractivity contribution is 5.98. The Labute approximate surface area is 107 Å². The number of nitrogens with two attached hydrogens (primary N) is 1. The first-order valence-electron chi connectivity index (χ1n) is 6.39. The Morgan fingerprint density at radius 3 is 2.94 bits per heavy atom. The minimum absolute atomic E-state index is 0.121. The van der Waals surface area contributed by atoms with E-state index in [9.17, 15) is 4.79 Å². The van der Waals surface area contributed by atoms with Crippen molar-refractivity contribution in [1.82, 2.24) is 15.2 Å². The van der Waals surface area contributed by atoms with Crippen molar-refractivity contribution in [3.05, 3.63) is 24.0 Å². The molecule has 0 radical (unpaired) electrons. The highest BCUT2D eigenvalue weighted by atomic mass is 16.1. The summed E-state index contributed by atoms with van der Waals surface area (Å²) in [5.41, 5.74) is 6.67. The Balaban J connectivity index is 1.88. The zero-order valence-electron chi connectivity index (χ0n) is 10.7. The summed E-state index contributed by atoms with van der Waals surface area (Å²) in [5.74, 6) is -0.146. The van der Waals surface area contributed by atoms with Crippen LogP contribution >= 0.6 is 0 Å². The highest BCUT2D eigenvalue weighted by Crippen LogP contribution is 2.10. The molecular formula is C13H20N4O. The fourth-order valence-electron chi connectivity index (χ4n) is 2.29. The van der Waals surface area contributed by atoms with Gasteiger partial charge in [-0.25, -0.2) is 0 Å². The second-order valence-corrected chi connectivity index (χ2v) is 4.85. The van der Waals surface area contributed by atoms with E-state index in [1.54, 1.807) is 12.3 Å². The molecule has 1 amide bonds. The summed E-state index contributed by atoms with van der Waals surface area (Å²) in [7, 11) is 0. The van der Waals surface area contributed by atoms with E-state index in [1.807, 2.05) is 6.92 Å². The Morgan fingerprint density at radius 2 is 2.28 bits per heavy atom. The zero-order valence-corrected chi connectivity index (χ0v) is 10.7. The molecule has 0 bridgehead atoms. The van der Waals surface area contributed by atoms with Crippen LogP contribution in [0.5, 0.6) is 0 Å². The van der Waals surface area contributed by atoms with E-state index in [0.29, 0.717) is 11.3 Å². The minimum atomic E-state index is -0.146. The molecule has 18 heavy (non-hydrogen) atoms. The summed E-state index contributed by atoms with van der Waals surface area (Å²) >= 11 is 0. The van der Waals surface area contributed by atoms with Gasteiger partial charge in [0, 0.05) is 30.7 Å². The lowest BCUT2D eigenvalue weighted by molar-refractivity contribution is 0.0932. The van der Waals surface area contributed by atoms with Gasteiger partial charge in [-0.1, -0.05) is 0 Å². The lowest BCUT2D eigenvalue weighted by Gasteiger charge is -2.21. The molecule has 2 rings (SSSR count). The molecular weight excluding hydrogens is 228 g/mol. The van der Waals surface area contributed by atoms with Crippen molar-refractivity contribution in [1.29, 1.82) is 0 Å². The van der Waals surface area contributed by atoms with Gasteiger partial charge in [0.25, 0.3) is 5.91 Å². The van der Waals surface area contributed by atoms with Crippen molar-refractivity contribution >= 4 is 11.6 Å². The van der Waals surface area contributed by atoms with Gasteiger partial charge in [0.05, 0.1) is 5.56 Å². The molecule has 3 N–H and O–H groups in total. The number of amides is 1. The molecule has 1 aromatic rings. The number of hydrogen-bond donors (Lipinski definition) is 2. The lowest BCUT2D eigenvalue weighted by Crippen LogP contribution is -2.41. The quantitative estimate of drug-likeness (QED) is 0.829. The predicted octanol–water partition coefficient (Wildman–Crippen LogP) is 0.878. The van der Waals surface area contributed by atoms with E-state index in [-0.39, 0.29) is 11.9 Å². The summed E-state index contributed by atoms with van der Waals surface area (Å²) in [5, 5.41) is 2.96. The van der Waals surface area contributed by atoms with Crippen molar-refractivity contribution < 1.29 is 4.79 Å². The molecule has 98 valence electrons. The average Bonchev–Trinajstić information content (AvgIpc) is 2.82. The third kappa shape index (κ3) is 3.20. The maximum Gasteiger partial charge on any atom is 0.255 e. The number of nitrogens with zero attached hydrogens (tertiary/aromatic N) is 2. The van der Waals surface area contributed by atoms with Gasteiger partial charge in [0.2, 0.25) is 0 Å². The lowest BCUT2D eigenvalue weighted by atomic mass is 10.2. The molecule has 2 heterocycles. The van der Waals surface area contributed by atoms with Crippen LogP contribution in [0.2, 0.25) is 0 Å². The van der Waals surface area contributed by atoms with Crippen molar-refractivity contribution in [3.63, 3.8) is 0 Å². The molecule has 5 nitrogen and oxygen atoms in total. The monoisotopic (exact) mass is 248 g/mol. The van der Waals surface area contributed by atoms with Gasteiger partial charge in [-0.3, -0.25) is 9.78 Å². The van der Waals surface area contributed by atoms with Gasteiger partial charge in [-0.05, 0) is 38.9 Å². The second-order valence-electron chi connectivity index (χ2n) is 4.85. The maximum atomic E-state index is 12.0. The molecule has 0 aliphatic carbocycles. The molecule has 1 atom stereocenters. The molecule has 1 aliphatic heterocycles. The molecule has 1 fully saturated rings. The molecule has 5 heteroatoms. The smallest absolute Gasteiger partial charge is 0.255 e. The topological polar surface area (TPSA) is 71.2 Å². The first-order valence-corrected chi connectivity index (χ1v) is 6.39. The maximum absolute atomic E-state index is 12.0. The summed E-state index contributed by atoms with van der Waals surface area (Å²) < 4.78 is 0. The van der Waals surface area contributed by atoms with Crippen LogP contribution in [0.25, 0.3) is 0 Å². The van der Waals surface area contributed by atoms with Gasteiger partial charge >= 0.3 is 0 Å². The van der Waals surface area contributed by atoms with E-state index < -0.39 is 0 Å². The highest BCUT2D eigenvalue weighted by Gasteiger charge is 2.17. The first-order chi connectivity index (χ1) is 8.66. The van der Waals surface area contributed by atoms with Gasteiger partial charge in [0.1, 0.15) is 0 Å². The number of nitrogens with one attached hydrogen (secondary N) is 1. The van der Waals surface area contributed by atoms with E-state index >= 15 is 0 Å². The number of likely N-dealkylation sites (tertiary alicyclic amines) is 1. The molecule has 0 spiro atoms. The van der Waals surface area contributed by atoms with Crippen LogP contribution in [-0.4, -0.2) is 41.5 Å². The Morgan fingerprint density at radius 1 is 1.56 bits per heavy atom. The van der Waals surface area contributed by atoms with Crippen LogP contribution < -0.4 is 11.1 Å². The van der Waals surface area contributed by atoms with Crippen LogP contribution in [0.1, 0.15) is 30.1 Å². The summed E-state index contributed by atoms with van der Waals surface area (Å²) in [6.45, 7) is 5.18. The number of rotatable bonds is 4. The third-order valence-electron chi connectivity index (χ3n) is 3.21. The third-order valence-corrected chi connectivity index (χ3v) is 3.21. The molecule has 1 aromatic heterocycles. The Kier molecular flexibility index (Phi) is 4.15. The largest absolute Gasteiger partial charge is 0.398 e. The Hall–Kier alpha value is -1.62. The van der Waals surface area contributed by atoms with E-state index in [0.717, 1.165) is 19.6 Å². The Bertz CT molecular complexity index is 415. The normalized spacial score (nSPS) is 17.6. The molecule has 1 aliphatic rings. The molecule has 1 unspecified atom stereocenters. The number of carbonyl (C=O) groups excluding carboxylic acids is 1. The van der Waals surface area contributed by atoms with Crippen molar-refractivity contribution in [2.24, 2.45) is 0 Å². The summed E-state index contributed by atoms with van der Waals surface area (Å²) in [6.07, 6.45) is 5.61. The van der Waals surface area contributed by atoms with Crippen LogP contribution in [0.3, 0.4) is 0 Å². The summed E-state index contributed by atoms with van der Waals surface area (Å²) in [4.78, 5) is 18.3. The minimum Gasteiger partial charge on any atom is -0.398 e. The molecule has 0 aromatic carbocycles. The number of hydrogen-bond acceptors (Lipinski definition) is 4. The second kappa shape index (κ2) is 5.82. The van der Waals surface area contributed by atoms with Gasteiger partial charge in [-0.15, -0.1) is 0 Å². The first kappa shape index (κ1) is 12.8. The fraction of sp³-hybridized carbons (Fsp3) is 0.538. The van der Waals surface area contributed by atoms with E-state index in [1.165, 1.54) is 19.0 Å². The van der Waals surface area contributed by atoms with Gasteiger partial charge in [-0.2, -0.15) is 0 Å².